The number of carbonyl (C=O) groups is 1. The number of benzene rings is 2. The number of anilines is 1. The van der Waals surface area contributed by atoms with Crippen LogP contribution in [0.5, 0.6) is 0 Å². The summed E-state index contributed by atoms with van der Waals surface area (Å²) in [6.45, 7) is 0. The summed E-state index contributed by atoms with van der Waals surface area (Å²) < 4.78 is 38.4. The third-order valence-corrected chi connectivity index (χ3v) is 5.45. The smallest absolute Gasteiger partial charge is 0.225 e. The molecule has 0 fully saturated rings. The number of amides is 1. The van der Waals surface area contributed by atoms with Gasteiger partial charge < -0.3 is 5.32 Å². The number of halogens is 3. The maximum Gasteiger partial charge on any atom is 0.225 e. The second kappa shape index (κ2) is 7.42. The normalized spacial score (nSPS) is 11.3. The molecule has 8 heteroatoms. The molecule has 0 bridgehead atoms. The molecule has 0 saturated carbocycles. The maximum atomic E-state index is 13.6. The molecule has 0 aromatic heterocycles. The fourth-order valence-electron chi connectivity index (χ4n) is 1.79. The highest BCUT2D eigenvalue weighted by molar-refractivity contribution is 9.10. The van der Waals surface area contributed by atoms with Gasteiger partial charge in [0.05, 0.1) is 16.3 Å². The van der Waals surface area contributed by atoms with Crippen LogP contribution in [0.15, 0.2) is 51.8 Å². The lowest BCUT2D eigenvalue weighted by Gasteiger charge is -2.07. The summed E-state index contributed by atoms with van der Waals surface area (Å²) in [5, 5.41) is 2.77. The standard InChI is InChI=1S/C15H12BrClFNO3S/c16-10-1-6-14(13(18)9-10)19-15(20)7-8-23(21,22)12-4-2-11(17)3-5-12/h1-6,9H,7-8H2,(H,19,20). The van der Waals surface area contributed by atoms with E-state index in [9.17, 15) is 17.6 Å². The summed E-state index contributed by atoms with van der Waals surface area (Å²) >= 11 is 8.82. The number of rotatable bonds is 5. The number of hydrogen-bond acceptors (Lipinski definition) is 3. The van der Waals surface area contributed by atoms with Crippen LogP contribution in [0.3, 0.4) is 0 Å². The van der Waals surface area contributed by atoms with E-state index in [1.165, 1.54) is 36.4 Å². The Labute approximate surface area is 146 Å². The third-order valence-electron chi connectivity index (χ3n) is 2.98. The van der Waals surface area contributed by atoms with Crippen molar-refractivity contribution in [1.82, 2.24) is 0 Å². The fraction of sp³-hybridized carbons (Fsp3) is 0.133. The first-order chi connectivity index (χ1) is 10.8. The van der Waals surface area contributed by atoms with Crippen LogP contribution in [0.2, 0.25) is 5.02 Å². The highest BCUT2D eigenvalue weighted by Crippen LogP contribution is 2.20. The molecule has 0 heterocycles. The molecule has 0 aliphatic carbocycles. The highest BCUT2D eigenvalue weighted by Gasteiger charge is 2.17. The van der Waals surface area contributed by atoms with Gasteiger partial charge in [-0.15, -0.1) is 0 Å². The average molecular weight is 421 g/mol. The number of carbonyl (C=O) groups excluding carboxylic acids is 1. The number of hydrogen-bond donors (Lipinski definition) is 1. The van der Waals surface area contributed by atoms with Gasteiger partial charge >= 0.3 is 0 Å². The molecule has 4 nitrogen and oxygen atoms in total. The van der Waals surface area contributed by atoms with Crippen molar-refractivity contribution in [3.8, 4) is 0 Å². The van der Waals surface area contributed by atoms with Gasteiger partial charge in [-0.3, -0.25) is 4.79 Å². The third kappa shape index (κ3) is 5.02. The van der Waals surface area contributed by atoms with E-state index >= 15 is 0 Å². The molecule has 1 N–H and O–H groups in total. The Morgan fingerprint density at radius 3 is 2.43 bits per heavy atom. The van der Waals surface area contributed by atoms with Crippen LogP contribution in [-0.2, 0) is 14.6 Å². The summed E-state index contributed by atoms with van der Waals surface area (Å²) in [5.74, 6) is -1.56. The van der Waals surface area contributed by atoms with Crippen molar-refractivity contribution in [2.24, 2.45) is 0 Å². The Bertz CT molecular complexity index is 825. The fourth-order valence-corrected chi connectivity index (χ4v) is 3.49. The van der Waals surface area contributed by atoms with Crippen molar-refractivity contribution >= 4 is 49.0 Å². The summed E-state index contributed by atoms with van der Waals surface area (Å²) in [6, 6.07) is 9.86. The molecule has 2 aromatic carbocycles. The molecule has 0 aliphatic rings. The molecule has 0 unspecified atom stereocenters. The first-order valence-electron chi connectivity index (χ1n) is 6.51. The SMILES string of the molecule is O=C(CCS(=O)(=O)c1ccc(Cl)cc1)Nc1ccc(Br)cc1F. The molecular formula is C15H12BrClFNO3S. The van der Waals surface area contributed by atoms with Crippen LogP contribution >= 0.6 is 27.5 Å². The van der Waals surface area contributed by atoms with E-state index in [4.69, 9.17) is 11.6 Å². The minimum Gasteiger partial charge on any atom is -0.324 e. The van der Waals surface area contributed by atoms with Crippen LogP contribution < -0.4 is 5.32 Å². The van der Waals surface area contributed by atoms with Gasteiger partial charge in [0.2, 0.25) is 5.91 Å². The molecule has 122 valence electrons. The van der Waals surface area contributed by atoms with E-state index in [0.29, 0.717) is 9.50 Å². The minimum absolute atomic E-state index is 0.00194. The Kier molecular flexibility index (Phi) is 5.78. The topological polar surface area (TPSA) is 63.2 Å². The first kappa shape index (κ1) is 17.9. The quantitative estimate of drug-likeness (QED) is 0.794. The molecule has 0 spiro atoms. The van der Waals surface area contributed by atoms with Gasteiger partial charge in [-0.2, -0.15) is 0 Å². The maximum absolute atomic E-state index is 13.6. The lowest BCUT2D eigenvalue weighted by atomic mass is 10.3. The Hall–Kier alpha value is -1.44. The minimum atomic E-state index is -3.60. The second-order valence-electron chi connectivity index (χ2n) is 4.70. The molecular weight excluding hydrogens is 409 g/mol. The van der Waals surface area contributed by atoms with Gasteiger partial charge in [-0.05, 0) is 42.5 Å². The van der Waals surface area contributed by atoms with Gasteiger partial charge in [0.25, 0.3) is 0 Å². The van der Waals surface area contributed by atoms with Crippen LogP contribution in [0.4, 0.5) is 10.1 Å². The van der Waals surface area contributed by atoms with E-state index in [-0.39, 0.29) is 22.8 Å². The van der Waals surface area contributed by atoms with Gasteiger partial charge in [0, 0.05) is 15.9 Å². The van der Waals surface area contributed by atoms with E-state index in [1.807, 2.05) is 0 Å². The Morgan fingerprint density at radius 1 is 1.17 bits per heavy atom. The van der Waals surface area contributed by atoms with Gasteiger partial charge in [0.15, 0.2) is 9.84 Å². The van der Waals surface area contributed by atoms with E-state index in [1.54, 1.807) is 6.07 Å². The van der Waals surface area contributed by atoms with E-state index < -0.39 is 21.6 Å². The van der Waals surface area contributed by atoms with Crippen molar-refractivity contribution in [3.05, 3.63) is 57.8 Å². The van der Waals surface area contributed by atoms with E-state index in [2.05, 4.69) is 21.2 Å². The summed E-state index contributed by atoms with van der Waals surface area (Å²) in [6.07, 6.45) is -0.277. The van der Waals surface area contributed by atoms with Crippen molar-refractivity contribution in [2.45, 2.75) is 11.3 Å². The molecule has 0 aliphatic heterocycles. The Morgan fingerprint density at radius 2 is 1.83 bits per heavy atom. The summed E-state index contributed by atoms with van der Waals surface area (Å²) in [5.41, 5.74) is 0.00194. The monoisotopic (exact) mass is 419 g/mol. The zero-order valence-corrected chi connectivity index (χ0v) is 14.9. The van der Waals surface area contributed by atoms with Crippen LogP contribution in [-0.4, -0.2) is 20.1 Å². The predicted octanol–water partition coefficient (Wildman–Crippen LogP) is 4.04. The van der Waals surface area contributed by atoms with Crippen LogP contribution in [0.25, 0.3) is 0 Å². The average Bonchev–Trinajstić information content (AvgIpc) is 2.49. The molecule has 0 radical (unpaired) electrons. The van der Waals surface area contributed by atoms with Crippen LogP contribution in [0, 0.1) is 5.82 Å². The molecule has 2 aromatic rings. The highest BCUT2D eigenvalue weighted by atomic mass is 79.9. The van der Waals surface area contributed by atoms with Gasteiger partial charge in [-0.25, -0.2) is 12.8 Å². The van der Waals surface area contributed by atoms with Crippen molar-refractivity contribution in [3.63, 3.8) is 0 Å². The van der Waals surface area contributed by atoms with Crippen molar-refractivity contribution in [2.75, 3.05) is 11.1 Å². The summed E-state index contributed by atoms with van der Waals surface area (Å²) in [7, 11) is -3.60. The second-order valence-corrected chi connectivity index (χ2v) is 8.16. The van der Waals surface area contributed by atoms with Gasteiger partial charge in [-0.1, -0.05) is 27.5 Å². The Balaban J connectivity index is 1.99. The molecule has 1 amide bonds. The van der Waals surface area contributed by atoms with Crippen LogP contribution in [0.1, 0.15) is 6.42 Å². The van der Waals surface area contributed by atoms with Crippen molar-refractivity contribution in [1.29, 1.82) is 0 Å². The molecule has 0 saturated heterocycles. The van der Waals surface area contributed by atoms with Crippen molar-refractivity contribution < 1.29 is 17.6 Å². The van der Waals surface area contributed by atoms with E-state index in [0.717, 1.165) is 0 Å². The lowest BCUT2D eigenvalue weighted by Crippen LogP contribution is -2.18. The van der Waals surface area contributed by atoms with Gasteiger partial charge in [0.1, 0.15) is 5.82 Å². The predicted molar refractivity (Wildman–Crippen MR) is 90.9 cm³/mol. The lowest BCUT2D eigenvalue weighted by molar-refractivity contribution is -0.115. The number of sulfone groups is 1. The molecule has 23 heavy (non-hydrogen) atoms. The summed E-state index contributed by atoms with van der Waals surface area (Å²) in [4.78, 5) is 11.9. The zero-order chi connectivity index (χ0) is 17.0. The molecule has 0 atom stereocenters. The first-order valence-corrected chi connectivity index (χ1v) is 9.33. The zero-order valence-electron chi connectivity index (χ0n) is 11.7. The largest absolute Gasteiger partial charge is 0.324 e. The molecule has 2 rings (SSSR count). The number of nitrogens with one attached hydrogen (secondary N) is 1.